The minimum Gasteiger partial charge on any atom is -0.322 e. The number of benzene rings is 3. The molecule has 0 aliphatic carbocycles. The first-order valence-corrected chi connectivity index (χ1v) is 8.77. The number of anilines is 2. The van der Waals surface area contributed by atoms with Gasteiger partial charge in [-0.2, -0.15) is 5.26 Å². The van der Waals surface area contributed by atoms with E-state index in [4.69, 9.17) is 5.26 Å². The second-order valence-corrected chi connectivity index (χ2v) is 6.44. The molecule has 0 bridgehead atoms. The summed E-state index contributed by atoms with van der Waals surface area (Å²) in [5.74, 6) is -0.589. The normalized spacial score (nSPS) is 10.0. The summed E-state index contributed by atoms with van der Waals surface area (Å²) in [5, 5.41) is 14.7. The van der Waals surface area contributed by atoms with Crippen LogP contribution in [-0.2, 0) is 0 Å². The standard InChI is InChI=1S/C23H19N3O2/c1-15-7-12-20(13-16(15)2)25-22(27)17-8-10-18(11-9-17)23(28)26-21-6-4-3-5-19(21)14-24/h3-13H,1-2H3,(H,25,27)(H,26,28). The van der Waals surface area contributed by atoms with Crippen LogP contribution in [0.1, 0.15) is 37.4 Å². The molecule has 3 aromatic rings. The molecule has 0 aliphatic heterocycles. The van der Waals surface area contributed by atoms with E-state index in [1.54, 1.807) is 48.5 Å². The van der Waals surface area contributed by atoms with Gasteiger partial charge in [0.25, 0.3) is 11.8 Å². The Bertz CT molecular complexity index is 1080. The van der Waals surface area contributed by atoms with E-state index in [0.717, 1.165) is 16.8 Å². The molecule has 5 heteroatoms. The van der Waals surface area contributed by atoms with Gasteiger partial charge in [-0.3, -0.25) is 9.59 Å². The number of hydrogen-bond donors (Lipinski definition) is 2. The van der Waals surface area contributed by atoms with Crippen molar-refractivity contribution in [2.45, 2.75) is 13.8 Å². The zero-order valence-electron chi connectivity index (χ0n) is 15.6. The fourth-order valence-electron chi connectivity index (χ4n) is 2.68. The maximum absolute atomic E-state index is 12.4. The second-order valence-electron chi connectivity index (χ2n) is 6.44. The van der Waals surface area contributed by atoms with Crippen LogP contribution in [0.3, 0.4) is 0 Å². The van der Waals surface area contributed by atoms with Crippen LogP contribution in [0, 0.1) is 25.2 Å². The average Bonchev–Trinajstić information content (AvgIpc) is 2.71. The minimum atomic E-state index is -0.344. The van der Waals surface area contributed by atoms with Crippen LogP contribution in [0.15, 0.2) is 66.7 Å². The van der Waals surface area contributed by atoms with Crippen LogP contribution >= 0.6 is 0 Å². The molecule has 0 aliphatic rings. The van der Waals surface area contributed by atoms with Gasteiger partial charge < -0.3 is 10.6 Å². The Kier molecular flexibility index (Phi) is 5.52. The highest BCUT2D eigenvalue weighted by molar-refractivity contribution is 6.07. The molecule has 0 aromatic heterocycles. The molecule has 0 saturated heterocycles. The van der Waals surface area contributed by atoms with Gasteiger partial charge in [0.15, 0.2) is 0 Å². The number of rotatable bonds is 4. The van der Waals surface area contributed by atoms with E-state index >= 15 is 0 Å². The van der Waals surface area contributed by atoms with Gasteiger partial charge >= 0.3 is 0 Å². The lowest BCUT2D eigenvalue weighted by Crippen LogP contribution is -2.15. The monoisotopic (exact) mass is 369 g/mol. The van der Waals surface area contributed by atoms with Crippen molar-refractivity contribution < 1.29 is 9.59 Å². The van der Waals surface area contributed by atoms with E-state index in [2.05, 4.69) is 10.6 Å². The van der Waals surface area contributed by atoms with Crippen molar-refractivity contribution in [1.29, 1.82) is 5.26 Å². The summed E-state index contributed by atoms with van der Waals surface area (Å²) in [6.07, 6.45) is 0. The highest BCUT2D eigenvalue weighted by Gasteiger charge is 2.11. The summed E-state index contributed by atoms with van der Waals surface area (Å²) in [4.78, 5) is 24.8. The van der Waals surface area contributed by atoms with Crippen LogP contribution in [0.2, 0.25) is 0 Å². The van der Waals surface area contributed by atoms with Crippen molar-refractivity contribution >= 4 is 23.2 Å². The first kappa shape index (κ1) is 18.9. The number of nitriles is 1. The van der Waals surface area contributed by atoms with Crippen LogP contribution in [0.4, 0.5) is 11.4 Å². The summed E-state index contributed by atoms with van der Waals surface area (Å²) >= 11 is 0. The maximum atomic E-state index is 12.4. The first-order chi connectivity index (χ1) is 13.5. The lowest BCUT2D eigenvalue weighted by molar-refractivity contribution is 0.101. The van der Waals surface area contributed by atoms with Gasteiger partial charge in [0, 0.05) is 16.8 Å². The predicted molar refractivity (Wildman–Crippen MR) is 109 cm³/mol. The van der Waals surface area contributed by atoms with Crippen molar-refractivity contribution in [3.63, 3.8) is 0 Å². The van der Waals surface area contributed by atoms with Crippen molar-refractivity contribution in [2.75, 3.05) is 10.6 Å². The molecule has 3 aromatic carbocycles. The molecular weight excluding hydrogens is 350 g/mol. The van der Waals surface area contributed by atoms with Crippen molar-refractivity contribution in [1.82, 2.24) is 0 Å². The van der Waals surface area contributed by atoms with E-state index < -0.39 is 0 Å². The largest absolute Gasteiger partial charge is 0.322 e. The van der Waals surface area contributed by atoms with Gasteiger partial charge in [0.1, 0.15) is 6.07 Å². The Morgan fingerprint density at radius 1 is 0.786 bits per heavy atom. The molecule has 138 valence electrons. The highest BCUT2D eigenvalue weighted by atomic mass is 16.2. The van der Waals surface area contributed by atoms with Crippen molar-refractivity contribution in [2.24, 2.45) is 0 Å². The molecule has 0 spiro atoms. The molecule has 0 heterocycles. The molecule has 28 heavy (non-hydrogen) atoms. The van der Waals surface area contributed by atoms with E-state index in [-0.39, 0.29) is 11.8 Å². The number of carbonyl (C=O) groups excluding carboxylic acids is 2. The van der Waals surface area contributed by atoms with Gasteiger partial charge in [-0.25, -0.2) is 0 Å². The molecule has 2 amide bonds. The number of hydrogen-bond acceptors (Lipinski definition) is 3. The molecule has 0 radical (unpaired) electrons. The fourth-order valence-corrected chi connectivity index (χ4v) is 2.68. The zero-order chi connectivity index (χ0) is 20.1. The summed E-state index contributed by atoms with van der Waals surface area (Å²) in [7, 11) is 0. The highest BCUT2D eigenvalue weighted by Crippen LogP contribution is 2.17. The van der Waals surface area contributed by atoms with Crippen LogP contribution in [-0.4, -0.2) is 11.8 Å². The molecule has 0 atom stereocenters. The summed E-state index contributed by atoms with van der Waals surface area (Å²) < 4.78 is 0. The van der Waals surface area contributed by atoms with E-state index in [0.29, 0.717) is 22.4 Å². The summed E-state index contributed by atoms with van der Waals surface area (Å²) in [6.45, 7) is 4.00. The number of nitrogens with zero attached hydrogens (tertiary/aromatic N) is 1. The third-order valence-electron chi connectivity index (χ3n) is 4.47. The van der Waals surface area contributed by atoms with Gasteiger partial charge in [0.2, 0.25) is 0 Å². The number of nitrogens with one attached hydrogen (secondary N) is 2. The Hall–Kier alpha value is -3.91. The quantitative estimate of drug-likeness (QED) is 0.700. The van der Waals surface area contributed by atoms with Crippen molar-refractivity contribution in [3.8, 4) is 6.07 Å². The molecular formula is C23H19N3O2. The van der Waals surface area contributed by atoms with Gasteiger partial charge in [-0.1, -0.05) is 18.2 Å². The molecule has 2 N–H and O–H groups in total. The number of para-hydroxylation sites is 1. The topological polar surface area (TPSA) is 82.0 Å². The van der Waals surface area contributed by atoms with Crippen LogP contribution in [0.25, 0.3) is 0 Å². The van der Waals surface area contributed by atoms with Crippen molar-refractivity contribution in [3.05, 3.63) is 94.5 Å². The predicted octanol–water partition coefficient (Wildman–Crippen LogP) is 4.68. The average molecular weight is 369 g/mol. The molecule has 0 unspecified atom stereocenters. The van der Waals surface area contributed by atoms with Gasteiger partial charge in [0.05, 0.1) is 11.3 Å². The molecule has 3 rings (SSSR count). The Balaban J connectivity index is 1.70. The Morgan fingerprint density at radius 2 is 1.39 bits per heavy atom. The Labute approximate surface area is 163 Å². The van der Waals surface area contributed by atoms with Gasteiger partial charge in [-0.15, -0.1) is 0 Å². The molecule has 0 saturated carbocycles. The van der Waals surface area contributed by atoms with Gasteiger partial charge in [-0.05, 0) is 73.5 Å². The zero-order valence-corrected chi connectivity index (χ0v) is 15.6. The smallest absolute Gasteiger partial charge is 0.255 e. The first-order valence-electron chi connectivity index (χ1n) is 8.77. The third kappa shape index (κ3) is 4.25. The SMILES string of the molecule is Cc1ccc(NC(=O)c2ccc(C(=O)Nc3ccccc3C#N)cc2)cc1C. The maximum Gasteiger partial charge on any atom is 0.255 e. The van der Waals surface area contributed by atoms with E-state index in [1.807, 2.05) is 38.1 Å². The van der Waals surface area contributed by atoms with Crippen LogP contribution < -0.4 is 10.6 Å². The van der Waals surface area contributed by atoms with E-state index in [9.17, 15) is 9.59 Å². The fraction of sp³-hybridized carbons (Fsp3) is 0.0870. The third-order valence-corrected chi connectivity index (χ3v) is 4.47. The minimum absolute atomic E-state index is 0.245. The molecule has 0 fully saturated rings. The number of carbonyl (C=O) groups is 2. The van der Waals surface area contributed by atoms with E-state index in [1.165, 1.54) is 0 Å². The van der Waals surface area contributed by atoms with Crippen LogP contribution in [0.5, 0.6) is 0 Å². The summed E-state index contributed by atoms with van der Waals surface area (Å²) in [6, 6.07) is 20.9. The Morgan fingerprint density at radius 3 is 2.00 bits per heavy atom. The summed E-state index contributed by atoms with van der Waals surface area (Å²) in [5.41, 5.74) is 4.67. The number of amides is 2. The number of aryl methyl sites for hydroxylation is 2. The lowest BCUT2D eigenvalue weighted by atomic mass is 10.1. The molecule has 5 nitrogen and oxygen atoms in total. The lowest BCUT2D eigenvalue weighted by Gasteiger charge is -2.09. The second kappa shape index (κ2) is 8.19.